The number of aryl methyl sites for hydroxylation is 1. The van der Waals surface area contributed by atoms with Crippen molar-refractivity contribution in [3.05, 3.63) is 99.7 Å². The van der Waals surface area contributed by atoms with Crippen molar-refractivity contribution in [1.82, 2.24) is 14.9 Å². The van der Waals surface area contributed by atoms with Crippen LogP contribution in [-0.2, 0) is 13.1 Å². The predicted octanol–water partition coefficient (Wildman–Crippen LogP) is 2.53. The third-order valence-corrected chi connectivity index (χ3v) is 3.85. The molecule has 1 N–H and O–H groups in total. The number of rotatable bonds is 5. The molecule has 0 spiro atoms. The van der Waals surface area contributed by atoms with E-state index in [1.165, 1.54) is 0 Å². The molecule has 3 aromatic rings. The van der Waals surface area contributed by atoms with Gasteiger partial charge in [-0.2, -0.15) is 0 Å². The van der Waals surface area contributed by atoms with E-state index in [1.54, 1.807) is 35.3 Å². The van der Waals surface area contributed by atoms with E-state index < -0.39 is 0 Å². The van der Waals surface area contributed by atoms with Crippen molar-refractivity contribution < 1.29 is 4.79 Å². The van der Waals surface area contributed by atoms with Crippen LogP contribution in [0.3, 0.4) is 0 Å². The Kier molecular flexibility index (Phi) is 5.04. The number of aromatic nitrogens is 2. The standard InChI is InChI=1S/C20H19N3O2/c1-15-10-17(12-21-11-15)13-22-19(24)18-8-5-9-23(20(18)25)14-16-6-3-2-4-7-16/h2-12H,13-14H2,1H3,(H,22,24). The van der Waals surface area contributed by atoms with Crippen LogP contribution in [0.5, 0.6) is 0 Å². The molecular formula is C20H19N3O2. The number of carbonyl (C=O) groups excluding carboxylic acids is 1. The van der Waals surface area contributed by atoms with Crippen LogP contribution in [0.2, 0.25) is 0 Å². The molecule has 3 rings (SSSR count). The summed E-state index contributed by atoms with van der Waals surface area (Å²) < 4.78 is 1.54. The fourth-order valence-corrected chi connectivity index (χ4v) is 2.61. The molecule has 2 aromatic heterocycles. The van der Waals surface area contributed by atoms with Gasteiger partial charge in [0.25, 0.3) is 11.5 Å². The molecule has 0 unspecified atom stereocenters. The van der Waals surface area contributed by atoms with Gasteiger partial charge in [0, 0.05) is 25.1 Å². The van der Waals surface area contributed by atoms with E-state index in [-0.39, 0.29) is 17.0 Å². The van der Waals surface area contributed by atoms with Crippen molar-refractivity contribution >= 4 is 5.91 Å². The van der Waals surface area contributed by atoms with E-state index >= 15 is 0 Å². The Balaban J connectivity index is 1.74. The average molecular weight is 333 g/mol. The van der Waals surface area contributed by atoms with E-state index in [4.69, 9.17) is 0 Å². The molecule has 0 radical (unpaired) electrons. The monoisotopic (exact) mass is 333 g/mol. The highest BCUT2D eigenvalue weighted by molar-refractivity contribution is 5.93. The smallest absolute Gasteiger partial charge is 0.263 e. The third kappa shape index (κ3) is 4.20. The summed E-state index contributed by atoms with van der Waals surface area (Å²) in [7, 11) is 0. The molecule has 0 saturated heterocycles. The molecule has 1 amide bonds. The summed E-state index contributed by atoms with van der Waals surface area (Å²) in [6, 6.07) is 14.9. The molecule has 0 fully saturated rings. The first-order valence-corrected chi connectivity index (χ1v) is 8.05. The molecule has 5 heteroatoms. The summed E-state index contributed by atoms with van der Waals surface area (Å²) in [5, 5.41) is 2.78. The minimum atomic E-state index is -0.381. The van der Waals surface area contributed by atoms with Gasteiger partial charge in [0.15, 0.2) is 0 Å². The highest BCUT2D eigenvalue weighted by Gasteiger charge is 2.12. The Hall–Kier alpha value is -3.21. The van der Waals surface area contributed by atoms with Crippen molar-refractivity contribution in [1.29, 1.82) is 0 Å². The number of hydrogen-bond donors (Lipinski definition) is 1. The Morgan fingerprint density at radius 1 is 1.08 bits per heavy atom. The van der Waals surface area contributed by atoms with Gasteiger partial charge in [-0.1, -0.05) is 36.4 Å². The number of nitrogens with zero attached hydrogens (tertiary/aromatic N) is 2. The molecule has 0 aliphatic carbocycles. The van der Waals surface area contributed by atoms with Crippen molar-refractivity contribution in [2.45, 2.75) is 20.0 Å². The Bertz CT molecular complexity index is 933. The molecule has 0 aliphatic heterocycles. The normalized spacial score (nSPS) is 10.4. The Labute approximate surface area is 146 Å². The maximum atomic E-state index is 12.6. The second-order valence-electron chi connectivity index (χ2n) is 5.89. The Morgan fingerprint density at radius 2 is 1.88 bits per heavy atom. The van der Waals surface area contributed by atoms with Crippen LogP contribution in [0, 0.1) is 6.92 Å². The molecule has 2 heterocycles. The first-order valence-electron chi connectivity index (χ1n) is 8.05. The van der Waals surface area contributed by atoms with Gasteiger partial charge in [-0.05, 0) is 35.7 Å². The topological polar surface area (TPSA) is 64.0 Å². The fourth-order valence-electron chi connectivity index (χ4n) is 2.61. The first kappa shape index (κ1) is 16.6. The molecular weight excluding hydrogens is 314 g/mol. The van der Waals surface area contributed by atoms with Crippen LogP contribution < -0.4 is 10.9 Å². The van der Waals surface area contributed by atoms with Crippen LogP contribution in [0.25, 0.3) is 0 Å². The van der Waals surface area contributed by atoms with Crippen LogP contribution in [0.15, 0.2) is 71.9 Å². The summed E-state index contributed by atoms with van der Waals surface area (Å²) in [4.78, 5) is 29.0. The largest absolute Gasteiger partial charge is 0.348 e. The highest BCUT2D eigenvalue weighted by Crippen LogP contribution is 2.03. The molecule has 1 aromatic carbocycles. The van der Waals surface area contributed by atoms with Crippen molar-refractivity contribution in [2.24, 2.45) is 0 Å². The van der Waals surface area contributed by atoms with Gasteiger partial charge in [-0.3, -0.25) is 14.6 Å². The number of nitrogens with one attached hydrogen (secondary N) is 1. The van der Waals surface area contributed by atoms with Gasteiger partial charge >= 0.3 is 0 Å². The fraction of sp³-hybridized carbons (Fsp3) is 0.150. The lowest BCUT2D eigenvalue weighted by Crippen LogP contribution is -2.32. The molecule has 5 nitrogen and oxygen atoms in total. The van der Waals surface area contributed by atoms with E-state index in [1.807, 2.05) is 43.3 Å². The quantitative estimate of drug-likeness (QED) is 0.780. The van der Waals surface area contributed by atoms with E-state index in [9.17, 15) is 9.59 Å². The zero-order valence-corrected chi connectivity index (χ0v) is 14.0. The number of hydrogen-bond acceptors (Lipinski definition) is 3. The number of pyridine rings is 2. The van der Waals surface area contributed by atoms with Crippen LogP contribution in [0.4, 0.5) is 0 Å². The number of amides is 1. The van der Waals surface area contributed by atoms with Crippen LogP contribution in [0.1, 0.15) is 27.0 Å². The van der Waals surface area contributed by atoms with Gasteiger partial charge in [0.2, 0.25) is 0 Å². The number of carbonyl (C=O) groups is 1. The van der Waals surface area contributed by atoms with Gasteiger partial charge in [0.1, 0.15) is 5.56 Å². The van der Waals surface area contributed by atoms with Crippen LogP contribution >= 0.6 is 0 Å². The molecule has 25 heavy (non-hydrogen) atoms. The zero-order chi connectivity index (χ0) is 17.6. The average Bonchev–Trinajstić information content (AvgIpc) is 2.62. The predicted molar refractivity (Wildman–Crippen MR) is 96.4 cm³/mol. The van der Waals surface area contributed by atoms with Crippen molar-refractivity contribution in [3.63, 3.8) is 0 Å². The maximum absolute atomic E-state index is 12.6. The second-order valence-corrected chi connectivity index (χ2v) is 5.89. The maximum Gasteiger partial charge on any atom is 0.263 e. The van der Waals surface area contributed by atoms with Crippen molar-refractivity contribution in [3.8, 4) is 0 Å². The lowest BCUT2D eigenvalue weighted by Gasteiger charge is -2.09. The lowest BCUT2D eigenvalue weighted by atomic mass is 10.2. The molecule has 0 bridgehead atoms. The van der Waals surface area contributed by atoms with Gasteiger partial charge < -0.3 is 9.88 Å². The molecule has 0 aliphatic rings. The van der Waals surface area contributed by atoms with Crippen LogP contribution in [-0.4, -0.2) is 15.5 Å². The zero-order valence-electron chi connectivity index (χ0n) is 14.0. The number of benzene rings is 1. The lowest BCUT2D eigenvalue weighted by molar-refractivity contribution is 0.0948. The summed E-state index contributed by atoms with van der Waals surface area (Å²) in [6.07, 6.45) is 5.15. The third-order valence-electron chi connectivity index (χ3n) is 3.85. The van der Waals surface area contributed by atoms with E-state index in [2.05, 4.69) is 10.3 Å². The molecule has 0 atom stereocenters. The minimum absolute atomic E-state index is 0.138. The van der Waals surface area contributed by atoms with E-state index in [0.717, 1.165) is 16.7 Å². The summed E-state index contributed by atoms with van der Waals surface area (Å²) in [5.41, 5.74) is 2.77. The second kappa shape index (κ2) is 7.57. The SMILES string of the molecule is Cc1cncc(CNC(=O)c2cccn(Cc3ccccc3)c2=O)c1. The molecule has 126 valence electrons. The highest BCUT2D eigenvalue weighted by atomic mass is 16.2. The van der Waals surface area contributed by atoms with Gasteiger partial charge in [0.05, 0.1) is 6.54 Å². The van der Waals surface area contributed by atoms with E-state index in [0.29, 0.717) is 13.1 Å². The first-order chi connectivity index (χ1) is 12.1. The van der Waals surface area contributed by atoms with Gasteiger partial charge in [-0.25, -0.2) is 0 Å². The summed E-state index contributed by atoms with van der Waals surface area (Å²) in [5.74, 6) is -0.381. The summed E-state index contributed by atoms with van der Waals surface area (Å²) >= 11 is 0. The van der Waals surface area contributed by atoms with Crippen molar-refractivity contribution in [2.75, 3.05) is 0 Å². The Morgan fingerprint density at radius 3 is 2.64 bits per heavy atom. The van der Waals surface area contributed by atoms with Gasteiger partial charge in [-0.15, -0.1) is 0 Å². The minimum Gasteiger partial charge on any atom is -0.348 e. The summed E-state index contributed by atoms with van der Waals surface area (Å²) in [6.45, 7) is 2.71. The molecule has 0 saturated carbocycles.